The first-order valence-corrected chi connectivity index (χ1v) is 7.81. The molecule has 0 saturated carbocycles. The summed E-state index contributed by atoms with van der Waals surface area (Å²) in [7, 11) is 0. The predicted molar refractivity (Wildman–Crippen MR) is 75.6 cm³/mol. The molecule has 0 aliphatic carbocycles. The first-order valence-electron chi connectivity index (χ1n) is 6.14. The van der Waals surface area contributed by atoms with Gasteiger partial charge in [-0.15, -0.1) is 11.3 Å². The van der Waals surface area contributed by atoms with Crippen LogP contribution in [0.1, 0.15) is 31.1 Å². The lowest BCUT2D eigenvalue weighted by Gasteiger charge is -2.35. The number of thiophene rings is 1. The summed E-state index contributed by atoms with van der Waals surface area (Å²) in [6, 6.07) is 2.02. The molecule has 2 nitrogen and oxygen atoms in total. The lowest BCUT2D eigenvalue weighted by atomic mass is 9.74. The van der Waals surface area contributed by atoms with E-state index in [0.717, 1.165) is 41.7 Å². The Labute approximate surface area is 115 Å². The highest BCUT2D eigenvalue weighted by Gasteiger charge is 2.37. The van der Waals surface area contributed by atoms with Gasteiger partial charge < -0.3 is 5.32 Å². The highest BCUT2D eigenvalue weighted by Crippen LogP contribution is 2.34. The van der Waals surface area contributed by atoms with Gasteiger partial charge in [-0.1, -0.05) is 6.92 Å². The van der Waals surface area contributed by atoms with Gasteiger partial charge in [-0.25, -0.2) is 0 Å². The SMILES string of the molecule is CCC1(C(=O)Cc2sccc2Br)CCCNC1. The molecular weight excluding hydrogens is 298 g/mol. The molecule has 2 heterocycles. The number of rotatable bonds is 4. The maximum atomic E-state index is 12.5. The van der Waals surface area contributed by atoms with Crippen molar-refractivity contribution in [3.63, 3.8) is 0 Å². The first-order chi connectivity index (χ1) is 8.18. The van der Waals surface area contributed by atoms with Crippen LogP contribution in [0.5, 0.6) is 0 Å². The number of carbonyl (C=O) groups excluding carboxylic acids is 1. The minimum absolute atomic E-state index is 0.123. The van der Waals surface area contributed by atoms with Crippen LogP contribution >= 0.6 is 27.3 Å². The molecule has 1 aliphatic rings. The quantitative estimate of drug-likeness (QED) is 0.922. The summed E-state index contributed by atoms with van der Waals surface area (Å²) < 4.78 is 1.07. The standard InChI is InChI=1S/C13H18BrNOS/c1-2-13(5-3-6-15-9-13)12(16)8-11-10(14)4-7-17-11/h4,7,15H,2-3,5-6,8-9H2,1H3. The lowest BCUT2D eigenvalue weighted by molar-refractivity contribution is -0.129. The van der Waals surface area contributed by atoms with Crippen molar-refractivity contribution in [3.05, 3.63) is 20.8 Å². The van der Waals surface area contributed by atoms with Crippen LogP contribution in [-0.2, 0) is 11.2 Å². The Bertz CT molecular complexity index is 396. The molecule has 1 aromatic heterocycles. The smallest absolute Gasteiger partial charge is 0.145 e. The summed E-state index contributed by atoms with van der Waals surface area (Å²) >= 11 is 5.16. The Morgan fingerprint density at radius 2 is 2.47 bits per heavy atom. The number of halogens is 1. The average Bonchev–Trinajstić information content (AvgIpc) is 2.76. The van der Waals surface area contributed by atoms with Crippen molar-refractivity contribution in [3.8, 4) is 0 Å². The second-order valence-corrected chi connectivity index (χ2v) is 6.56. The fraction of sp³-hybridized carbons (Fsp3) is 0.615. The van der Waals surface area contributed by atoms with E-state index in [1.54, 1.807) is 11.3 Å². The van der Waals surface area contributed by atoms with E-state index in [-0.39, 0.29) is 5.41 Å². The van der Waals surface area contributed by atoms with E-state index >= 15 is 0 Å². The monoisotopic (exact) mass is 315 g/mol. The topological polar surface area (TPSA) is 29.1 Å². The van der Waals surface area contributed by atoms with Crippen LogP contribution in [0.25, 0.3) is 0 Å². The van der Waals surface area contributed by atoms with Gasteiger partial charge in [0.25, 0.3) is 0 Å². The molecule has 1 unspecified atom stereocenters. The third kappa shape index (κ3) is 2.80. The summed E-state index contributed by atoms with van der Waals surface area (Å²) in [4.78, 5) is 13.7. The van der Waals surface area contributed by atoms with Crippen LogP contribution in [0, 0.1) is 5.41 Å². The number of Topliss-reactive ketones (excluding diaryl/α,β-unsaturated/α-hetero) is 1. The molecule has 1 N–H and O–H groups in total. The van der Waals surface area contributed by atoms with Crippen molar-refractivity contribution in [1.82, 2.24) is 5.32 Å². The molecule has 1 saturated heterocycles. The van der Waals surface area contributed by atoms with Crippen molar-refractivity contribution >= 4 is 33.0 Å². The predicted octanol–water partition coefficient (Wildman–Crippen LogP) is 3.40. The van der Waals surface area contributed by atoms with Crippen molar-refractivity contribution < 1.29 is 4.79 Å². The summed E-state index contributed by atoms with van der Waals surface area (Å²) in [6.07, 6.45) is 3.68. The van der Waals surface area contributed by atoms with Crippen LogP contribution in [0.15, 0.2) is 15.9 Å². The largest absolute Gasteiger partial charge is 0.316 e. The zero-order valence-corrected chi connectivity index (χ0v) is 12.5. The maximum Gasteiger partial charge on any atom is 0.145 e. The first kappa shape index (κ1) is 13.2. The minimum Gasteiger partial charge on any atom is -0.316 e. The van der Waals surface area contributed by atoms with Gasteiger partial charge >= 0.3 is 0 Å². The lowest BCUT2D eigenvalue weighted by Crippen LogP contribution is -2.45. The molecule has 1 aromatic rings. The Morgan fingerprint density at radius 3 is 3.00 bits per heavy atom. The van der Waals surface area contributed by atoms with Gasteiger partial charge in [-0.2, -0.15) is 0 Å². The van der Waals surface area contributed by atoms with Gasteiger partial charge in [0.15, 0.2) is 0 Å². The fourth-order valence-electron chi connectivity index (χ4n) is 2.49. The van der Waals surface area contributed by atoms with Crippen molar-refractivity contribution in [2.24, 2.45) is 5.41 Å². The molecule has 0 spiro atoms. The summed E-state index contributed by atoms with van der Waals surface area (Å²) in [5, 5.41) is 5.40. The van der Waals surface area contributed by atoms with Crippen molar-refractivity contribution in [2.45, 2.75) is 32.6 Å². The molecule has 1 aliphatic heterocycles. The molecule has 1 atom stereocenters. The number of ketones is 1. The molecule has 17 heavy (non-hydrogen) atoms. The summed E-state index contributed by atoms with van der Waals surface area (Å²) in [5.74, 6) is 0.398. The molecule has 0 aromatic carbocycles. The van der Waals surface area contributed by atoms with E-state index < -0.39 is 0 Å². The van der Waals surface area contributed by atoms with Crippen LogP contribution in [-0.4, -0.2) is 18.9 Å². The average molecular weight is 316 g/mol. The molecule has 2 rings (SSSR count). The molecule has 0 bridgehead atoms. The second-order valence-electron chi connectivity index (χ2n) is 4.71. The summed E-state index contributed by atoms with van der Waals surface area (Å²) in [5.41, 5.74) is -0.123. The number of piperidine rings is 1. The molecule has 0 radical (unpaired) electrons. The van der Waals surface area contributed by atoms with Gasteiger partial charge in [0.2, 0.25) is 0 Å². The van der Waals surface area contributed by atoms with E-state index in [9.17, 15) is 4.79 Å². The zero-order chi connectivity index (χ0) is 12.3. The zero-order valence-electron chi connectivity index (χ0n) is 10.1. The Kier molecular flexibility index (Phi) is 4.39. The fourth-order valence-corrected chi connectivity index (χ4v) is 3.98. The van der Waals surface area contributed by atoms with Crippen LogP contribution in [0.3, 0.4) is 0 Å². The number of hydrogen-bond acceptors (Lipinski definition) is 3. The highest BCUT2D eigenvalue weighted by atomic mass is 79.9. The Hall–Kier alpha value is -0.190. The number of hydrogen-bond donors (Lipinski definition) is 1. The molecule has 0 amide bonds. The van der Waals surface area contributed by atoms with Crippen molar-refractivity contribution in [1.29, 1.82) is 0 Å². The van der Waals surface area contributed by atoms with E-state index in [1.807, 2.05) is 11.4 Å². The third-order valence-corrected chi connectivity index (χ3v) is 5.68. The van der Waals surface area contributed by atoms with E-state index in [1.165, 1.54) is 0 Å². The number of carbonyl (C=O) groups is 1. The van der Waals surface area contributed by atoms with E-state index in [0.29, 0.717) is 12.2 Å². The van der Waals surface area contributed by atoms with E-state index in [2.05, 4.69) is 28.2 Å². The van der Waals surface area contributed by atoms with Crippen LogP contribution < -0.4 is 5.32 Å². The van der Waals surface area contributed by atoms with E-state index in [4.69, 9.17) is 0 Å². The molecule has 1 fully saturated rings. The number of nitrogens with one attached hydrogen (secondary N) is 1. The van der Waals surface area contributed by atoms with Crippen LogP contribution in [0.2, 0.25) is 0 Å². The molecular formula is C13H18BrNOS. The minimum atomic E-state index is -0.123. The second kappa shape index (κ2) is 5.63. The van der Waals surface area contributed by atoms with Gasteiger partial charge in [0.1, 0.15) is 5.78 Å². The highest BCUT2D eigenvalue weighted by molar-refractivity contribution is 9.10. The van der Waals surface area contributed by atoms with Gasteiger partial charge in [-0.3, -0.25) is 4.79 Å². The normalized spacial score (nSPS) is 24.8. The Morgan fingerprint density at radius 1 is 1.65 bits per heavy atom. The molecule has 94 valence electrons. The molecule has 4 heteroatoms. The maximum absolute atomic E-state index is 12.5. The third-order valence-electron chi connectivity index (χ3n) is 3.75. The summed E-state index contributed by atoms with van der Waals surface area (Å²) in [6.45, 7) is 4.04. The van der Waals surface area contributed by atoms with Gasteiger partial charge in [0, 0.05) is 27.7 Å². The van der Waals surface area contributed by atoms with Crippen molar-refractivity contribution in [2.75, 3.05) is 13.1 Å². The van der Waals surface area contributed by atoms with Gasteiger partial charge in [-0.05, 0) is 53.2 Å². The van der Waals surface area contributed by atoms with Gasteiger partial charge in [0.05, 0.1) is 0 Å². The Balaban J connectivity index is 2.10. The van der Waals surface area contributed by atoms with Crippen LogP contribution in [0.4, 0.5) is 0 Å².